The highest BCUT2D eigenvalue weighted by atomic mass is 16.5. The Labute approximate surface area is 67.4 Å². The lowest BCUT2D eigenvalue weighted by molar-refractivity contribution is -0.213. The molecule has 0 saturated carbocycles. The van der Waals surface area contributed by atoms with Crippen LogP contribution in [0.25, 0.3) is 0 Å². The zero-order valence-electron chi connectivity index (χ0n) is 7.01. The highest BCUT2D eigenvalue weighted by Crippen LogP contribution is 2.24. The molecule has 11 heavy (non-hydrogen) atoms. The first-order valence-corrected chi connectivity index (χ1v) is 4.32. The van der Waals surface area contributed by atoms with Gasteiger partial charge in [0.05, 0.1) is 0 Å². The summed E-state index contributed by atoms with van der Waals surface area (Å²) in [6.45, 7) is 3.51. The monoisotopic (exact) mass is 159 g/mol. The van der Waals surface area contributed by atoms with Crippen LogP contribution in [-0.2, 0) is 0 Å². The first-order valence-electron chi connectivity index (χ1n) is 4.32. The van der Waals surface area contributed by atoms with Crippen molar-refractivity contribution in [1.29, 1.82) is 0 Å². The number of hydrogen-bond acceptors (Lipinski definition) is 3. The van der Waals surface area contributed by atoms with Crippen molar-refractivity contribution in [2.45, 2.75) is 32.0 Å². The summed E-state index contributed by atoms with van der Waals surface area (Å²) in [5.41, 5.74) is 0. The van der Waals surface area contributed by atoms with Gasteiger partial charge >= 0.3 is 0 Å². The van der Waals surface area contributed by atoms with Gasteiger partial charge in [-0.15, -0.1) is 0 Å². The van der Waals surface area contributed by atoms with Crippen molar-refractivity contribution in [2.75, 3.05) is 13.1 Å². The summed E-state index contributed by atoms with van der Waals surface area (Å²) in [6, 6.07) is 0. The molecular formula is C8H17NO2. The topological polar surface area (TPSA) is 52.5 Å². The molecule has 0 aromatic heterocycles. The standard InChI is InChI=1S/C8H17NO2/c1-2-3-7-6-9-5-4-8(7,10)11/h7,9-11H,2-6H2,1H3. The Morgan fingerprint density at radius 3 is 2.82 bits per heavy atom. The summed E-state index contributed by atoms with van der Waals surface area (Å²) in [6.07, 6.45) is 2.35. The molecule has 66 valence electrons. The van der Waals surface area contributed by atoms with E-state index < -0.39 is 5.79 Å². The van der Waals surface area contributed by atoms with Gasteiger partial charge in [-0.2, -0.15) is 0 Å². The van der Waals surface area contributed by atoms with E-state index in [1.807, 2.05) is 0 Å². The van der Waals surface area contributed by atoms with Gasteiger partial charge in [0.2, 0.25) is 0 Å². The Morgan fingerprint density at radius 2 is 2.27 bits per heavy atom. The molecule has 3 nitrogen and oxygen atoms in total. The van der Waals surface area contributed by atoms with Gasteiger partial charge in [0.1, 0.15) is 0 Å². The summed E-state index contributed by atoms with van der Waals surface area (Å²) in [7, 11) is 0. The average Bonchev–Trinajstić information content (AvgIpc) is 1.94. The molecule has 3 N–H and O–H groups in total. The Kier molecular flexibility index (Phi) is 2.87. The quantitative estimate of drug-likeness (QED) is 0.500. The van der Waals surface area contributed by atoms with Crippen molar-refractivity contribution < 1.29 is 10.2 Å². The number of piperidine rings is 1. The Balaban J connectivity index is 2.45. The second-order valence-electron chi connectivity index (χ2n) is 3.32. The zero-order chi connectivity index (χ0) is 8.32. The molecule has 0 spiro atoms. The van der Waals surface area contributed by atoms with E-state index in [1.165, 1.54) is 0 Å². The highest BCUT2D eigenvalue weighted by Gasteiger charge is 2.35. The fourth-order valence-electron chi connectivity index (χ4n) is 1.60. The van der Waals surface area contributed by atoms with E-state index in [9.17, 15) is 10.2 Å². The third kappa shape index (κ3) is 2.15. The molecule has 0 radical (unpaired) electrons. The summed E-state index contributed by atoms with van der Waals surface area (Å²) in [5, 5.41) is 22.1. The molecule has 0 aromatic carbocycles. The smallest absolute Gasteiger partial charge is 0.167 e. The van der Waals surface area contributed by atoms with Crippen molar-refractivity contribution in [3.05, 3.63) is 0 Å². The van der Waals surface area contributed by atoms with E-state index in [0.717, 1.165) is 19.4 Å². The fraction of sp³-hybridized carbons (Fsp3) is 1.00. The summed E-state index contributed by atoms with van der Waals surface area (Å²) in [5.74, 6) is -1.40. The van der Waals surface area contributed by atoms with Crippen molar-refractivity contribution in [3.63, 3.8) is 0 Å². The second kappa shape index (κ2) is 3.52. The van der Waals surface area contributed by atoms with Crippen molar-refractivity contribution >= 4 is 0 Å². The second-order valence-corrected chi connectivity index (χ2v) is 3.32. The lowest BCUT2D eigenvalue weighted by Crippen LogP contribution is -2.50. The van der Waals surface area contributed by atoms with Gasteiger partial charge in [0, 0.05) is 25.4 Å². The SMILES string of the molecule is CCCC1CNCCC1(O)O. The summed E-state index contributed by atoms with van der Waals surface area (Å²) < 4.78 is 0. The zero-order valence-corrected chi connectivity index (χ0v) is 7.01. The summed E-state index contributed by atoms with van der Waals surface area (Å²) in [4.78, 5) is 0. The predicted molar refractivity (Wildman–Crippen MR) is 43.1 cm³/mol. The lowest BCUT2D eigenvalue weighted by Gasteiger charge is -2.35. The number of nitrogens with one attached hydrogen (secondary N) is 1. The van der Waals surface area contributed by atoms with E-state index in [-0.39, 0.29) is 5.92 Å². The highest BCUT2D eigenvalue weighted by molar-refractivity contribution is 4.82. The van der Waals surface area contributed by atoms with Crippen LogP contribution in [0.15, 0.2) is 0 Å². The molecule has 3 heteroatoms. The summed E-state index contributed by atoms with van der Waals surface area (Å²) >= 11 is 0. The van der Waals surface area contributed by atoms with E-state index in [0.29, 0.717) is 13.0 Å². The van der Waals surface area contributed by atoms with Crippen molar-refractivity contribution in [2.24, 2.45) is 5.92 Å². The van der Waals surface area contributed by atoms with Gasteiger partial charge in [-0.1, -0.05) is 13.3 Å². The fourth-order valence-corrected chi connectivity index (χ4v) is 1.60. The van der Waals surface area contributed by atoms with E-state index >= 15 is 0 Å². The molecule has 1 aliphatic rings. The van der Waals surface area contributed by atoms with Crippen LogP contribution in [0, 0.1) is 5.92 Å². The molecule has 1 heterocycles. The minimum Gasteiger partial charge on any atom is -0.365 e. The molecule has 1 saturated heterocycles. The molecule has 1 fully saturated rings. The van der Waals surface area contributed by atoms with E-state index in [4.69, 9.17) is 0 Å². The van der Waals surface area contributed by atoms with Crippen LogP contribution in [0.3, 0.4) is 0 Å². The average molecular weight is 159 g/mol. The van der Waals surface area contributed by atoms with Crippen LogP contribution >= 0.6 is 0 Å². The van der Waals surface area contributed by atoms with Crippen LogP contribution in [0.4, 0.5) is 0 Å². The minimum absolute atomic E-state index is 0.0150. The molecule has 1 atom stereocenters. The maximum atomic E-state index is 9.48. The van der Waals surface area contributed by atoms with Gasteiger partial charge in [-0.3, -0.25) is 0 Å². The maximum absolute atomic E-state index is 9.48. The maximum Gasteiger partial charge on any atom is 0.167 e. The van der Waals surface area contributed by atoms with Gasteiger partial charge in [0.25, 0.3) is 0 Å². The molecule has 1 rings (SSSR count). The Bertz CT molecular complexity index is 123. The van der Waals surface area contributed by atoms with Crippen LogP contribution in [-0.4, -0.2) is 29.1 Å². The molecule has 1 unspecified atom stereocenters. The minimum atomic E-state index is -1.42. The van der Waals surface area contributed by atoms with Crippen LogP contribution in [0.1, 0.15) is 26.2 Å². The normalized spacial score (nSPS) is 30.3. The lowest BCUT2D eigenvalue weighted by atomic mass is 9.88. The molecule has 0 aromatic rings. The van der Waals surface area contributed by atoms with Crippen molar-refractivity contribution in [1.82, 2.24) is 5.32 Å². The van der Waals surface area contributed by atoms with Crippen molar-refractivity contribution in [3.8, 4) is 0 Å². The molecule has 1 aliphatic heterocycles. The molecule has 0 amide bonds. The molecular weight excluding hydrogens is 142 g/mol. The first-order chi connectivity index (χ1) is 5.17. The predicted octanol–water partition coefficient (Wildman–Crippen LogP) is 0.0769. The van der Waals surface area contributed by atoms with Gasteiger partial charge in [0.15, 0.2) is 5.79 Å². The van der Waals surface area contributed by atoms with Gasteiger partial charge in [-0.05, 0) is 6.42 Å². The van der Waals surface area contributed by atoms with E-state index in [1.54, 1.807) is 0 Å². The van der Waals surface area contributed by atoms with Gasteiger partial charge in [-0.25, -0.2) is 0 Å². The number of aliphatic hydroxyl groups is 2. The molecule has 0 bridgehead atoms. The number of rotatable bonds is 2. The first kappa shape index (κ1) is 8.97. The third-order valence-corrected chi connectivity index (χ3v) is 2.35. The van der Waals surface area contributed by atoms with Crippen LogP contribution in [0.2, 0.25) is 0 Å². The third-order valence-electron chi connectivity index (χ3n) is 2.35. The van der Waals surface area contributed by atoms with Crippen LogP contribution < -0.4 is 5.32 Å². The largest absolute Gasteiger partial charge is 0.365 e. The Hall–Kier alpha value is -0.120. The number of hydrogen-bond donors (Lipinski definition) is 3. The van der Waals surface area contributed by atoms with E-state index in [2.05, 4.69) is 12.2 Å². The Morgan fingerprint density at radius 1 is 1.55 bits per heavy atom. The molecule has 0 aliphatic carbocycles. The van der Waals surface area contributed by atoms with Gasteiger partial charge < -0.3 is 15.5 Å². The van der Waals surface area contributed by atoms with Crippen LogP contribution in [0.5, 0.6) is 0 Å².